The Hall–Kier alpha value is -1.67. The number of aromatic amines is 1. The first-order valence-corrected chi connectivity index (χ1v) is 6.49. The van der Waals surface area contributed by atoms with Crippen molar-refractivity contribution in [2.75, 3.05) is 0 Å². The van der Waals surface area contributed by atoms with Crippen LogP contribution in [-0.4, -0.2) is 4.98 Å². The van der Waals surface area contributed by atoms with Crippen molar-refractivity contribution < 1.29 is 0 Å². The second-order valence-corrected chi connectivity index (χ2v) is 5.11. The molecule has 1 aromatic heterocycles. The second-order valence-electron chi connectivity index (χ2n) is 4.66. The van der Waals surface area contributed by atoms with Gasteiger partial charge in [-0.05, 0) is 30.5 Å². The molecule has 0 spiro atoms. The minimum Gasteiger partial charge on any atom is -0.353 e. The summed E-state index contributed by atoms with van der Waals surface area (Å²) >= 11 is 4.71. The first-order chi connectivity index (χ1) is 8.68. The topological polar surface area (TPSA) is 15.8 Å². The van der Waals surface area contributed by atoms with Gasteiger partial charge in [-0.1, -0.05) is 42.5 Å². The lowest BCUT2D eigenvalue weighted by Gasteiger charge is -2.00. The summed E-state index contributed by atoms with van der Waals surface area (Å²) in [6.45, 7) is 4.25. The summed E-state index contributed by atoms with van der Waals surface area (Å²) in [4.78, 5) is 4.55. The van der Waals surface area contributed by atoms with Gasteiger partial charge in [0.1, 0.15) is 0 Å². The highest BCUT2D eigenvalue weighted by Gasteiger charge is 2.13. The zero-order chi connectivity index (χ0) is 12.7. The molecule has 0 saturated heterocycles. The van der Waals surface area contributed by atoms with Crippen LogP contribution in [0.1, 0.15) is 11.1 Å². The monoisotopic (exact) mass is 253 g/mol. The normalized spacial score (nSPS) is 11.1. The molecule has 1 nitrogen and oxygen atoms in total. The minimum atomic E-state index is 1.04. The summed E-state index contributed by atoms with van der Waals surface area (Å²) in [5.41, 5.74) is 6.00. The molecule has 0 saturated carbocycles. The van der Waals surface area contributed by atoms with Crippen molar-refractivity contribution in [1.29, 1.82) is 0 Å². The molecule has 0 aliphatic heterocycles. The standard InChI is InChI=1S/C16H15NS/c1-10-8-9-11(2)14-13(10)16(18)15(17-14)12-6-4-3-5-7-12/h3-9,17-18H,1-2H3. The predicted molar refractivity (Wildman–Crippen MR) is 80.5 cm³/mol. The minimum absolute atomic E-state index is 1.04. The number of aryl methyl sites for hydroxylation is 2. The van der Waals surface area contributed by atoms with Crippen LogP contribution in [-0.2, 0) is 0 Å². The Morgan fingerprint density at radius 2 is 1.56 bits per heavy atom. The zero-order valence-electron chi connectivity index (χ0n) is 10.5. The Morgan fingerprint density at radius 1 is 0.889 bits per heavy atom. The fourth-order valence-corrected chi connectivity index (χ4v) is 2.87. The maximum atomic E-state index is 4.71. The fraction of sp³-hybridized carbons (Fsp3) is 0.125. The van der Waals surface area contributed by atoms with Crippen molar-refractivity contribution in [1.82, 2.24) is 4.98 Å². The molecule has 2 heteroatoms. The van der Waals surface area contributed by atoms with Crippen LogP contribution in [0, 0.1) is 13.8 Å². The van der Waals surface area contributed by atoms with Gasteiger partial charge in [0.2, 0.25) is 0 Å². The van der Waals surface area contributed by atoms with Crippen molar-refractivity contribution in [3.63, 3.8) is 0 Å². The van der Waals surface area contributed by atoms with Crippen LogP contribution in [0.25, 0.3) is 22.2 Å². The molecule has 3 rings (SSSR count). The Labute approximate surface area is 112 Å². The molecule has 0 aliphatic carbocycles. The summed E-state index contributed by atoms with van der Waals surface area (Å²) in [6, 6.07) is 14.6. The van der Waals surface area contributed by atoms with E-state index in [0.717, 1.165) is 10.6 Å². The lowest BCUT2D eigenvalue weighted by Crippen LogP contribution is -1.79. The third-order valence-electron chi connectivity index (χ3n) is 3.41. The van der Waals surface area contributed by atoms with E-state index in [9.17, 15) is 0 Å². The highest BCUT2D eigenvalue weighted by Crippen LogP contribution is 2.35. The van der Waals surface area contributed by atoms with E-state index < -0.39 is 0 Å². The van der Waals surface area contributed by atoms with Crippen LogP contribution >= 0.6 is 12.6 Å². The van der Waals surface area contributed by atoms with E-state index in [1.807, 2.05) is 18.2 Å². The molecule has 2 aromatic carbocycles. The average Bonchev–Trinajstić information content (AvgIpc) is 2.74. The smallest absolute Gasteiger partial charge is 0.0600 e. The van der Waals surface area contributed by atoms with Crippen molar-refractivity contribution in [2.24, 2.45) is 0 Å². The zero-order valence-corrected chi connectivity index (χ0v) is 11.4. The molecule has 90 valence electrons. The van der Waals surface area contributed by atoms with Gasteiger partial charge in [-0.3, -0.25) is 0 Å². The number of thiol groups is 1. The molecule has 0 amide bonds. The van der Waals surface area contributed by atoms with Gasteiger partial charge in [-0.2, -0.15) is 0 Å². The highest BCUT2D eigenvalue weighted by molar-refractivity contribution is 7.80. The molecule has 3 aromatic rings. The molecule has 1 heterocycles. The molecular weight excluding hydrogens is 238 g/mol. The van der Waals surface area contributed by atoms with E-state index in [1.54, 1.807) is 0 Å². The van der Waals surface area contributed by atoms with Crippen molar-refractivity contribution >= 4 is 23.5 Å². The third kappa shape index (κ3) is 1.65. The molecule has 18 heavy (non-hydrogen) atoms. The molecule has 0 fully saturated rings. The van der Waals surface area contributed by atoms with Gasteiger partial charge >= 0.3 is 0 Å². The molecule has 1 N–H and O–H groups in total. The molecular formula is C16H15NS. The molecule has 0 aliphatic rings. The summed E-state index contributed by atoms with van der Waals surface area (Å²) in [7, 11) is 0. The second kappa shape index (κ2) is 4.21. The van der Waals surface area contributed by atoms with Crippen LogP contribution in [0.15, 0.2) is 47.4 Å². The van der Waals surface area contributed by atoms with Gasteiger partial charge in [0, 0.05) is 10.3 Å². The first-order valence-electron chi connectivity index (χ1n) is 6.04. The molecule has 0 radical (unpaired) electrons. The Kier molecular flexibility index (Phi) is 2.67. The van der Waals surface area contributed by atoms with Crippen molar-refractivity contribution in [3.05, 3.63) is 53.6 Å². The number of hydrogen-bond acceptors (Lipinski definition) is 1. The van der Waals surface area contributed by atoms with Gasteiger partial charge in [-0.25, -0.2) is 0 Å². The predicted octanol–water partition coefficient (Wildman–Crippen LogP) is 4.74. The largest absolute Gasteiger partial charge is 0.353 e. The lowest BCUT2D eigenvalue weighted by atomic mass is 10.1. The van der Waals surface area contributed by atoms with Crippen LogP contribution in [0.5, 0.6) is 0 Å². The van der Waals surface area contributed by atoms with Crippen LogP contribution in [0.4, 0.5) is 0 Å². The third-order valence-corrected chi connectivity index (χ3v) is 3.86. The number of rotatable bonds is 1. The molecule has 0 unspecified atom stereocenters. The fourth-order valence-electron chi connectivity index (χ4n) is 2.40. The van der Waals surface area contributed by atoms with Gasteiger partial charge in [-0.15, -0.1) is 12.6 Å². The maximum absolute atomic E-state index is 4.71. The van der Waals surface area contributed by atoms with E-state index in [1.165, 1.54) is 27.6 Å². The van der Waals surface area contributed by atoms with E-state index in [-0.39, 0.29) is 0 Å². The molecule has 0 bridgehead atoms. The van der Waals surface area contributed by atoms with Crippen LogP contribution in [0.3, 0.4) is 0 Å². The summed E-state index contributed by atoms with van der Waals surface area (Å²) in [5.74, 6) is 0. The van der Waals surface area contributed by atoms with E-state index >= 15 is 0 Å². The highest BCUT2D eigenvalue weighted by atomic mass is 32.1. The Morgan fingerprint density at radius 3 is 2.22 bits per heavy atom. The Balaban J connectivity index is 2.37. The summed E-state index contributed by atoms with van der Waals surface area (Å²) < 4.78 is 0. The van der Waals surface area contributed by atoms with E-state index in [2.05, 4.69) is 43.1 Å². The summed E-state index contributed by atoms with van der Waals surface area (Å²) in [6.07, 6.45) is 0. The number of fused-ring (bicyclic) bond motifs is 1. The maximum Gasteiger partial charge on any atom is 0.0600 e. The number of hydrogen-bond donors (Lipinski definition) is 2. The molecule has 0 atom stereocenters. The number of aromatic nitrogens is 1. The van der Waals surface area contributed by atoms with Crippen LogP contribution in [0.2, 0.25) is 0 Å². The quantitative estimate of drug-likeness (QED) is 0.583. The van der Waals surface area contributed by atoms with Gasteiger partial charge in [0.25, 0.3) is 0 Å². The van der Waals surface area contributed by atoms with E-state index in [4.69, 9.17) is 12.6 Å². The Bertz CT molecular complexity index is 711. The number of nitrogens with one attached hydrogen (secondary N) is 1. The van der Waals surface area contributed by atoms with Crippen molar-refractivity contribution in [2.45, 2.75) is 18.7 Å². The number of H-pyrrole nitrogens is 1. The van der Waals surface area contributed by atoms with Crippen molar-refractivity contribution in [3.8, 4) is 11.3 Å². The SMILES string of the molecule is Cc1ccc(C)c2c(S)c(-c3ccccc3)[nH]c12. The number of benzene rings is 2. The van der Waals surface area contributed by atoms with Crippen LogP contribution < -0.4 is 0 Å². The average molecular weight is 253 g/mol. The van der Waals surface area contributed by atoms with Gasteiger partial charge in [0.15, 0.2) is 0 Å². The van der Waals surface area contributed by atoms with E-state index in [0.29, 0.717) is 0 Å². The van der Waals surface area contributed by atoms with Gasteiger partial charge < -0.3 is 4.98 Å². The summed E-state index contributed by atoms with van der Waals surface area (Å²) in [5, 5.41) is 1.23. The lowest BCUT2D eigenvalue weighted by molar-refractivity contribution is 1.38. The first kappa shape index (κ1) is 11.4. The van der Waals surface area contributed by atoms with Gasteiger partial charge in [0.05, 0.1) is 11.2 Å².